The molecule has 0 amide bonds. The van der Waals surface area contributed by atoms with E-state index in [9.17, 15) is 5.11 Å². The van der Waals surface area contributed by atoms with Crippen molar-refractivity contribution in [2.24, 2.45) is 5.92 Å². The van der Waals surface area contributed by atoms with Crippen molar-refractivity contribution in [1.82, 2.24) is 4.98 Å². The highest BCUT2D eigenvalue weighted by molar-refractivity contribution is 7.15. The third-order valence-corrected chi connectivity index (χ3v) is 4.35. The highest BCUT2D eigenvalue weighted by atomic mass is 32.1. The van der Waals surface area contributed by atoms with E-state index in [-0.39, 0.29) is 6.61 Å². The van der Waals surface area contributed by atoms with Crippen LogP contribution < -0.4 is 4.90 Å². The fraction of sp³-hybridized carbons (Fsp3) is 0.786. The Bertz CT molecular complexity index is 363. The second kappa shape index (κ2) is 7.10. The number of aliphatic hydroxyl groups is 1. The Morgan fingerprint density at radius 3 is 2.50 bits per heavy atom. The zero-order valence-electron chi connectivity index (χ0n) is 12.2. The lowest BCUT2D eigenvalue weighted by atomic mass is 10.0. The Morgan fingerprint density at radius 2 is 2.00 bits per heavy atom. The zero-order chi connectivity index (χ0) is 13.7. The second-order valence-corrected chi connectivity index (χ2v) is 6.43. The van der Waals surface area contributed by atoms with E-state index in [4.69, 9.17) is 0 Å². The van der Waals surface area contributed by atoms with Crippen molar-refractivity contribution < 1.29 is 5.11 Å². The number of anilines is 1. The molecule has 0 saturated carbocycles. The average molecular weight is 270 g/mol. The minimum Gasteiger partial charge on any atom is -0.391 e. The fourth-order valence-corrected chi connectivity index (χ4v) is 3.14. The molecule has 1 N–H and O–H groups in total. The Hall–Kier alpha value is -0.610. The van der Waals surface area contributed by atoms with Crippen LogP contribution in [0.5, 0.6) is 0 Å². The van der Waals surface area contributed by atoms with Crippen LogP contribution in [0.3, 0.4) is 0 Å². The quantitative estimate of drug-likeness (QED) is 0.824. The molecule has 0 aliphatic heterocycles. The Morgan fingerprint density at radius 1 is 1.33 bits per heavy atom. The van der Waals surface area contributed by atoms with Gasteiger partial charge in [0.15, 0.2) is 5.13 Å². The van der Waals surface area contributed by atoms with Crippen molar-refractivity contribution in [3.05, 3.63) is 10.6 Å². The summed E-state index contributed by atoms with van der Waals surface area (Å²) in [6, 6.07) is 0.483. The van der Waals surface area contributed by atoms with Gasteiger partial charge in [0.1, 0.15) is 0 Å². The normalized spacial score (nSPS) is 13.1. The maximum absolute atomic E-state index is 9.38. The van der Waals surface area contributed by atoms with Gasteiger partial charge in [-0.3, -0.25) is 0 Å². The van der Waals surface area contributed by atoms with Crippen LogP contribution >= 0.6 is 11.3 Å². The van der Waals surface area contributed by atoms with E-state index >= 15 is 0 Å². The molecule has 0 spiro atoms. The summed E-state index contributed by atoms with van der Waals surface area (Å²) >= 11 is 1.63. The van der Waals surface area contributed by atoms with Crippen LogP contribution in [0.1, 0.15) is 51.1 Å². The van der Waals surface area contributed by atoms with E-state index in [1.165, 1.54) is 0 Å². The highest BCUT2D eigenvalue weighted by Gasteiger charge is 2.17. The maximum Gasteiger partial charge on any atom is 0.185 e. The number of nitrogens with zero attached hydrogens (tertiary/aromatic N) is 2. The minimum atomic E-state index is 0.111. The zero-order valence-corrected chi connectivity index (χ0v) is 13.0. The van der Waals surface area contributed by atoms with Crippen molar-refractivity contribution in [2.75, 3.05) is 11.9 Å². The van der Waals surface area contributed by atoms with Gasteiger partial charge in [-0.15, -0.1) is 0 Å². The Balaban J connectivity index is 2.82. The van der Waals surface area contributed by atoms with E-state index in [2.05, 4.69) is 44.6 Å². The van der Waals surface area contributed by atoms with Gasteiger partial charge in [-0.2, -0.15) is 0 Å². The molecule has 4 heteroatoms. The van der Waals surface area contributed by atoms with Crippen molar-refractivity contribution in [1.29, 1.82) is 0 Å². The molecule has 0 fully saturated rings. The van der Waals surface area contributed by atoms with Gasteiger partial charge in [0.25, 0.3) is 0 Å². The van der Waals surface area contributed by atoms with Gasteiger partial charge in [-0.25, -0.2) is 4.98 Å². The molecule has 0 bridgehead atoms. The van der Waals surface area contributed by atoms with Crippen molar-refractivity contribution in [3.63, 3.8) is 0 Å². The van der Waals surface area contributed by atoms with Crippen molar-refractivity contribution >= 4 is 16.5 Å². The number of thiazole rings is 1. The van der Waals surface area contributed by atoms with Crippen LogP contribution in [-0.2, 0) is 13.0 Å². The summed E-state index contributed by atoms with van der Waals surface area (Å²) in [6.07, 6.45) is 3.19. The monoisotopic (exact) mass is 270 g/mol. The summed E-state index contributed by atoms with van der Waals surface area (Å²) < 4.78 is 0. The first-order valence-electron chi connectivity index (χ1n) is 6.81. The average Bonchev–Trinajstić information content (AvgIpc) is 2.70. The number of aliphatic hydroxyl groups excluding tert-OH is 1. The molecule has 1 unspecified atom stereocenters. The lowest BCUT2D eigenvalue weighted by Crippen LogP contribution is -2.29. The number of hydrogen-bond donors (Lipinski definition) is 1. The summed E-state index contributed by atoms with van der Waals surface area (Å²) in [6.45, 7) is 8.98. The molecule has 0 aromatic carbocycles. The van der Waals surface area contributed by atoms with Crippen LogP contribution in [0.15, 0.2) is 0 Å². The van der Waals surface area contributed by atoms with Crippen LogP contribution in [0.2, 0.25) is 0 Å². The topological polar surface area (TPSA) is 36.4 Å². The summed E-state index contributed by atoms with van der Waals surface area (Å²) in [7, 11) is 2.10. The number of hydrogen-bond acceptors (Lipinski definition) is 4. The van der Waals surface area contributed by atoms with Gasteiger partial charge < -0.3 is 10.0 Å². The van der Waals surface area contributed by atoms with Crippen molar-refractivity contribution in [2.45, 2.75) is 59.6 Å². The molecule has 1 aromatic rings. The van der Waals surface area contributed by atoms with E-state index < -0.39 is 0 Å². The predicted molar refractivity (Wildman–Crippen MR) is 79.4 cm³/mol. The van der Waals surface area contributed by atoms with E-state index in [1.807, 2.05) is 0 Å². The highest BCUT2D eigenvalue weighted by Crippen LogP contribution is 2.28. The predicted octanol–water partition coefficient (Wildman–Crippen LogP) is 3.46. The van der Waals surface area contributed by atoms with Gasteiger partial charge in [0, 0.05) is 13.1 Å². The maximum atomic E-state index is 9.38. The van der Waals surface area contributed by atoms with Crippen LogP contribution in [0, 0.1) is 5.92 Å². The van der Waals surface area contributed by atoms with Gasteiger partial charge >= 0.3 is 0 Å². The molecule has 0 radical (unpaired) electrons. The van der Waals surface area contributed by atoms with E-state index in [0.29, 0.717) is 12.0 Å². The lowest BCUT2D eigenvalue weighted by Gasteiger charge is -2.25. The van der Waals surface area contributed by atoms with Crippen LogP contribution in [-0.4, -0.2) is 23.2 Å². The standard InChI is InChI=1S/C14H26N2OS/c1-6-7-12-13(9-17)18-14(15-12)16(5)11(4)8-10(2)3/h10-11,17H,6-9H2,1-5H3. The number of aryl methyl sites for hydroxylation is 1. The molecule has 0 aliphatic rings. The van der Waals surface area contributed by atoms with E-state index in [1.54, 1.807) is 11.3 Å². The lowest BCUT2D eigenvalue weighted by molar-refractivity contribution is 0.284. The smallest absolute Gasteiger partial charge is 0.185 e. The summed E-state index contributed by atoms with van der Waals surface area (Å²) in [5.74, 6) is 0.690. The molecular weight excluding hydrogens is 244 g/mol. The number of aromatic nitrogens is 1. The molecular formula is C14H26N2OS. The third-order valence-electron chi connectivity index (χ3n) is 3.17. The summed E-state index contributed by atoms with van der Waals surface area (Å²) in [5, 5.41) is 10.4. The molecule has 104 valence electrons. The first-order valence-corrected chi connectivity index (χ1v) is 7.63. The third kappa shape index (κ3) is 3.95. The molecule has 0 saturated heterocycles. The minimum absolute atomic E-state index is 0.111. The van der Waals surface area contributed by atoms with E-state index in [0.717, 1.165) is 35.0 Å². The molecule has 18 heavy (non-hydrogen) atoms. The van der Waals surface area contributed by atoms with Gasteiger partial charge in [0.2, 0.25) is 0 Å². The molecule has 1 heterocycles. The van der Waals surface area contributed by atoms with Gasteiger partial charge in [-0.05, 0) is 25.7 Å². The molecule has 1 atom stereocenters. The van der Waals surface area contributed by atoms with Crippen LogP contribution in [0.4, 0.5) is 5.13 Å². The Labute approximate surface area is 115 Å². The first-order chi connectivity index (χ1) is 8.49. The summed E-state index contributed by atoms with van der Waals surface area (Å²) in [4.78, 5) is 7.95. The molecule has 1 aromatic heterocycles. The van der Waals surface area contributed by atoms with Gasteiger partial charge in [-0.1, -0.05) is 38.5 Å². The SMILES string of the molecule is CCCc1nc(N(C)C(C)CC(C)C)sc1CO. The number of rotatable bonds is 7. The molecule has 3 nitrogen and oxygen atoms in total. The first kappa shape index (κ1) is 15.4. The van der Waals surface area contributed by atoms with Gasteiger partial charge in [0.05, 0.1) is 17.2 Å². The second-order valence-electron chi connectivity index (χ2n) is 5.36. The largest absolute Gasteiger partial charge is 0.391 e. The van der Waals surface area contributed by atoms with Crippen LogP contribution in [0.25, 0.3) is 0 Å². The summed E-state index contributed by atoms with van der Waals surface area (Å²) in [5.41, 5.74) is 1.07. The Kier molecular flexibility index (Phi) is 6.09. The molecule has 0 aliphatic carbocycles. The van der Waals surface area contributed by atoms with Crippen molar-refractivity contribution in [3.8, 4) is 0 Å². The fourth-order valence-electron chi connectivity index (χ4n) is 2.11. The molecule has 1 rings (SSSR count).